The molecule has 12 heavy (non-hydrogen) atoms. The van der Waals surface area contributed by atoms with E-state index in [4.69, 9.17) is 0 Å². The number of fused-ring (bicyclic) bond motifs is 1. The predicted molar refractivity (Wildman–Crippen MR) is 48.7 cm³/mol. The first-order valence-corrected chi connectivity index (χ1v) is 3.78. The van der Waals surface area contributed by atoms with Gasteiger partial charge in [0.1, 0.15) is 5.39 Å². The fourth-order valence-electron chi connectivity index (χ4n) is 1.31. The van der Waals surface area contributed by atoms with Gasteiger partial charge in [-0.1, -0.05) is 6.07 Å². The number of rotatable bonds is 1. The average Bonchev–Trinajstić information content (AvgIpc) is 2.17. The number of benzene rings is 2. The molecule has 2 rings (SSSR count). The highest BCUT2D eigenvalue weighted by Gasteiger charge is 2.07. The summed E-state index contributed by atoms with van der Waals surface area (Å²) in [6.07, 6.45) is 1.92. The smallest absolute Gasteiger partial charge is 0.141 e. The van der Waals surface area contributed by atoms with Crippen LogP contribution in [0.5, 0.6) is 0 Å². The fraction of sp³-hybridized carbons (Fsp3) is 0. The lowest BCUT2D eigenvalue weighted by Gasteiger charge is -1.89. The van der Waals surface area contributed by atoms with Crippen molar-refractivity contribution in [2.75, 3.05) is 0 Å². The van der Waals surface area contributed by atoms with Crippen molar-refractivity contribution in [3.63, 3.8) is 0 Å². The largest absolute Gasteiger partial charge is 0.303 e. The van der Waals surface area contributed by atoms with Crippen LogP contribution in [0, 0.1) is 0 Å². The van der Waals surface area contributed by atoms with Crippen LogP contribution in [0.3, 0.4) is 0 Å². The quantitative estimate of drug-likeness (QED) is 0.577. The van der Waals surface area contributed by atoms with Crippen LogP contribution in [-0.2, 0) is 4.79 Å². The first-order chi connectivity index (χ1) is 5.92. The standard InChI is InChI=1S/C11H7O/c12-8-10-6-3-5-9-4-1-2-7-11(9)10/h1-7H/q+1. The lowest BCUT2D eigenvalue weighted by atomic mass is 10.1. The molecule has 0 atom stereocenters. The van der Waals surface area contributed by atoms with E-state index < -0.39 is 0 Å². The highest BCUT2D eigenvalue weighted by molar-refractivity contribution is 5.98. The van der Waals surface area contributed by atoms with Crippen LogP contribution in [0.1, 0.15) is 5.56 Å². The van der Waals surface area contributed by atoms with E-state index in [0.717, 1.165) is 10.8 Å². The van der Waals surface area contributed by atoms with E-state index in [2.05, 4.69) is 0 Å². The predicted octanol–water partition coefficient (Wildman–Crippen LogP) is 2.30. The molecule has 0 N–H and O–H groups in total. The zero-order chi connectivity index (χ0) is 8.39. The fourth-order valence-corrected chi connectivity index (χ4v) is 1.31. The molecule has 0 fully saturated rings. The summed E-state index contributed by atoms with van der Waals surface area (Å²) in [7, 11) is 0. The summed E-state index contributed by atoms with van der Waals surface area (Å²) in [6.45, 7) is 0. The molecule has 0 aliphatic carbocycles. The molecule has 56 valence electrons. The van der Waals surface area contributed by atoms with E-state index in [1.165, 1.54) is 0 Å². The van der Waals surface area contributed by atoms with Gasteiger partial charge >= 0.3 is 6.29 Å². The van der Waals surface area contributed by atoms with Crippen molar-refractivity contribution in [1.29, 1.82) is 0 Å². The molecular formula is C11H7O+. The van der Waals surface area contributed by atoms with Gasteiger partial charge < -0.3 is 0 Å². The van der Waals surface area contributed by atoms with Crippen LogP contribution in [0.25, 0.3) is 10.8 Å². The summed E-state index contributed by atoms with van der Waals surface area (Å²) in [5, 5.41) is 2.05. The second kappa shape index (κ2) is 2.72. The Kier molecular flexibility index (Phi) is 1.58. The van der Waals surface area contributed by atoms with Crippen molar-refractivity contribution in [1.82, 2.24) is 0 Å². The summed E-state index contributed by atoms with van der Waals surface area (Å²) in [6, 6.07) is 13.4. The van der Waals surface area contributed by atoms with Crippen molar-refractivity contribution >= 4 is 17.1 Å². The Morgan fingerprint density at radius 2 is 1.67 bits per heavy atom. The van der Waals surface area contributed by atoms with Gasteiger partial charge in [-0.25, -0.2) is 0 Å². The molecule has 2 aromatic rings. The maximum atomic E-state index is 10.5. The van der Waals surface area contributed by atoms with Crippen LogP contribution >= 0.6 is 0 Å². The SMILES string of the molecule is O=[C+]c1cccc2ccccc12. The van der Waals surface area contributed by atoms with Crippen LogP contribution in [0.2, 0.25) is 0 Å². The molecular weight excluding hydrogens is 148 g/mol. The van der Waals surface area contributed by atoms with E-state index in [1.54, 1.807) is 6.07 Å². The highest BCUT2D eigenvalue weighted by Crippen LogP contribution is 2.16. The summed E-state index contributed by atoms with van der Waals surface area (Å²) < 4.78 is 0. The third-order valence-electron chi connectivity index (χ3n) is 1.90. The second-order valence-electron chi connectivity index (χ2n) is 2.63. The summed E-state index contributed by atoms with van der Waals surface area (Å²) >= 11 is 0. The molecule has 2 aromatic carbocycles. The lowest BCUT2D eigenvalue weighted by molar-refractivity contribution is 0.563. The molecule has 1 nitrogen and oxygen atoms in total. The van der Waals surface area contributed by atoms with Gasteiger partial charge in [-0.2, -0.15) is 0 Å². The van der Waals surface area contributed by atoms with E-state index >= 15 is 0 Å². The normalized spacial score (nSPS) is 9.67. The van der Waals surface area contributed by atoms with E-state index in [1.807, 2.05) is 42.7 Å². The van der Waals surface area contributed by atoms with E-state index in [9.17, 15) is 4.79 Å². The third kappa shape index (κ3) is 0.969. The van der Waals surface area contributed by atoms with Gasteiger partial charge in [-0.05, 0) is 24.3 Å². The molecule has 0 bridgehead atoms. The minimum atomic E-state index is 0.633. The first-order valence-electron chi connectivity index (χ1n) is 3.78. The molecule has 0 aliphatic rings. The summed E-state index contributed by atoms with van der Waals surface area (Å²) in [4.78, 5) is 10.5. The van der Waals surface area contributed by atoms with E-state index in [-0.39, 0.29) is 0 Å². The maximum absolute atomic E-state index is 10.5. The van der Waals surface area contributed by atoms with Gasteiger partial charge in [0.15, 0.2) is 0 Å². The average molecular weight is 155 g/mol. The van der Waals surface area contributed by atoms with Gasteiger partial charge in [-0.3, -0.25) is 0 Å². The molecule has 0 aromatic heterocycles. The Morgan fingerprint density at radius 1 is 0.917 bits per heavy atom. The van der Waals surface area contributed by atoms with Gasteiger partial charge in [0.2, 0.25) is 5.56 Å². The van der Waals surface area contributed by atoms with Crippen molar-refractivity contribution in [3.8, 4) is 0 Å². The number of carbonyl (C=O) groups excluding carboxylic acids is 1. The first kappa shape index (κ1) is 6.96. The lowest BCUT2D eigenvalue weighted by Crippen LogP contribution is -1.81. The van der Waals surface area contributed by atoms with Gasteiger partial charge in [0.25, 0.3) is 0 Å². The zero-order valence-corrected chi connectivity index (χ0v) is 6.45. The minimum Gasteiger partial charge on any atom is -0.141 e. The van der Waals surface area contributed by atoms with Crippen LogP contribution in [0.15, 0.2) is 42.5 Å². The topological polar surface area (TPSA) is 17.1 Å². The van der Waals surface area contributed by atoms with Crippen LogP contribution < -0.4 is 0 Å². The Bertz CT molecular complexity index is 413. The Morgan fingerprint density at radius 3 is 2.50 bits per heavy atom. The Labute approximate surface area is 70.6 Å². The number of hydrogen-bond acceptors (Lipinski definition) is 1. The van der Waals surface area contributed by atoms with Crippen LogP contribution in [0.4, 0.5) is 0 Å². The minimum absolute atomic E-state index is 0.633. The maximum Gasteiger partial charge on any atom is 0.303 e. The molecule has 0 unspecified atom stereocenters. The summed E-state index contributed by atoms with van der Waals surface area (Å²) in [5.41, 5.74) is 0.633. The van der Waals surface area contributed by atoms with Gasteiger partial charge in [-0.15, -0.1) is 4.79 Å². The summed E-state index contributed by atoms with van der Waals surface area (Å²) in [5.74, 6) is 0. The molecule has 0 heterocycles. The van der Waals surface area contributed by atoms with Gasteiger partial charge in [0.05, 0.1) is 6.07 Å². The molecule has 0 amide bonds. The molecule has 0 saturated carbocycles. The molecule has 0 aliphatic heterocycles. The Balaban J connectivity index is 2.88. The second-order valence-corrected chi connectivity index (χ2v) is 2.63. The monoisotopic (exact) mass is 155 g/mol. The van der Waals surface area contributed by atoms with Crippen LogP contribution in [-0.4, -0.2) is 6.29 Å². The zero-order valence-electron chi connectivity index (χ0n) is 6.45. The number of hydrogen-bond donors (Lipinski definition) is 0. The van der Waals surface area contributed by atoms with Gasteiger partial charge in [0, 0.05) is 11.5 Å². The third-order valence-corrected chi connectivity index (χ3v) is 1.90. The van der Waals surface area contributed by atoms with Crippen molar-refractivity contribution < 1.29 is 4.79 Å². The molecule has 1 heteroatoms. The van der Waals surface area contributed by atoms with Crippen molar-refractivity contribution in [2.24, 2.45) is 0 Å². The van der Waals surface area contributed by atoms with Crippen molar-refractivity contribution in [2.45, 2.75) is 0 Å². The highest BCUT2D eigenvalue weighted by atomic mass is 16.1. The molecule has 0 saturated heterocycles. The molecule has 0 radical (unpaired) electrons. The Hall–Kier alpha value is -1.72. The van der Waals surface area contributed by atoms with Crippen molar-refractivity contribution in [3.05, 3.63) is 48.0 Å². The van der Waals surface area contributed by atoms with E-state index in [0.29, 0.717) is 5.56 Å². The molecule has 0 spiro atoms.